The summed E-state index contributed by atoms with van der Waals surface area (Å²) in [5.41, 5.74) is 10.5. The molecule has 384 valence electrons. The Hall–Kier alpha value is -6.82. The average molecular weight is 1030 g/mol. The summed E-state index contributed by atoms with van der Waals surface area (Å²) >= 11 is 10.8. The number of methoxy groups -OCH3 is 1. The van der Waals surface area contributed by atoms with E-state index in [0.29, 0.717) is 53.5 Å². The summed E-state index contributed by atoms with van der Waals surface area (Å²) in [6.45, 7) is 16.6. The molecule has 2 N–H and O–H groups in total. The van der Waals surface area contributed by atoms with Gasteiger partial charge in [0.25, 0.3) is 5.91 Å². The molecule has 1 aromatic heterocycles. The molecule has 5 aromatic rings. The number of benzene rings is 5. The van der Waals surface area contributed by atoms with Crippen LogP contribution in [0, 0.1) is 13.8 Å². The van der Waals surface area contributed by atoms with Crippen molar-refractivity contribution in [2.24, 2.45) is 0 Å². The van der Waals surface area contributed by atoms with Crippen LogP contribution in [0.2, 0.25) is 5.02 Å². The van der Waals surface area contributed by atoms with E-state index in [1.807, 2.05) is 25.1 Å². The zero-order valence-electron chi connectivity index (χ0n) is 43.8. The molecule has 3 heterocycles. The van der Waals surface area contributed by atoms with Crippen LogP contribution in [0.1, 0.15) is 105 Å². The second kappa shape index (κ2) is 24.0. The molecule has 12 heteroatoms. The van der Waals surface area contributed by atoms with Gasteiger partial charge in [0.15, 0.2) is 0 Å². The van der Waals surface area contributed by atoms with Gasteiger partial charge in [0.05, 0.1) is 25.1 Å². The molecule has 0 atom stereocenters. The van der Waals surface area contributed by atoms with Gasteiger partial charge in [-0.25, -0.2) is 4.58 Å². The predicted molar refractivity (Wildman–Crippen MR) is 305 cm³/mol. The first-order valence-corrected chi connectivity index (χ1v) is 26.8. The molecule has 0 unspecified atom stereocenters. The van der Waals surface area contributed by atoms with Gasteiger partial charge in [-0.15, -0.1) is 12.6 Å². The Morgan fingerprint density at radius 3 is 2.27 bits per heavy atom. The normalized spacial score (nSPS) is 13.5. The van der Waals surface area contributed by atoms with E-state index in [1.54, 1.807) is 35.9 Å². The van der Waals surface area contributed by atoms with Gasteiger partial charge < -0.3 is 24.7 Å². The number of hydrogen-bond donors (Lipinski definition) is 3. The molecular weight excluding hydrogens is 962 g/mol. The number of rotatable bonds is 20. The maximum atomic E-state index is 13.7. The van der Waals surface area contributed by atoms with Crippen molar-refractivity contribution in [2.75, 3.05) is 44.7 Å². The molecule has 74 heavy (non-hydrogen) atoms. The highest BCUT2D eigenvalue weighted by Crippen LogP contribution is 2.49. The van der Waals surface area contributed by atoms with Crippen molar-refractivity contribution in [3.8, 4) is 28.2 Å². The lowest BCUT2D eigenvalue weighted by atomic mass is 9.83. The largest absolute Gasteiger partial charge is 0.497 e. The number of aromatic nitrogens is 1. The third-order valence-corrected chi connectivity index (χ3v) is 15.0. The topological polar surface area (TPSA) is 109 Å². The highest BCUT2D eigenvalue weighted by Gasteiger charge is 2.39. The Morgan fingerprint density at radius 2 is 1.55 bits per heavy atom. The molecule has 0 radical (unpaired) electrons. The summed E-state index contributed by atoms with van der Waals surface area (Å²) in [6.07, 6.45) is 11.1. The number of anilines is 1. The summed E-state index contributed by atoms with van der Waals surface area (Å²) in [6, 6.07) is 35.9. The summed E-state index contributed by atoms with van der Waals surface area (Å²) in [5, 5.41) is 8.59. The van der Waals surface area contributed by atoms with Crippen molar-refractivity contribution >= 4 is 64.6 Å². The van der Waals surface area contributed by atoms with Crippen LogP contribution in [0.25, 0.3) is 39.4 Å². The summed E-state index contributed by atoms with van der Waals surface area (Å²) < 4.78 is 16.2. The number of carbonyl (C=O) groups is 3. The van der Waals surface area contributed by atoms with Gasteiger partial charge in [-0.3, -0.25) is 19.0 Å². The van der Waals surface area contributed by atoms with Crippen molar-refractivity contribution in [2.45, 2.75) is 96.8 Å². The smallest absolute Gasteiger partial charge is 0.262 e. The van der Waals surface area contributed by atoms with Gasteiger partial charge in [0, 0.05) is 86.6 Å². The van der Waals surface area contributed by atoms with Crippen LogP contribution in [0.4, 0.5) is 5.69 Å². The maximum absolute atomic E-state index is 13.7. The first-order valence-electron chi connectivity index (χ1n) is 26.0. The standard InChI is InChI=1S/C62H68ClN5O5S/c1-8-66(9-2)46-28-31-49-56(37-46)73-55(41(3)60(49)43-19-12-10-13-20-43)21-18-22-57-62(5,6)52-39-48(74)30-33-54(52)67(57)36-17-11-14-23-58(69)64-34-15-16-35-65-59(70)40-50-42(4)68(53-32-29-47(72-7)38-51(50)53)61(71)44-24-26-45(63)27-25-44/h10,12-13,18-22,24-33,37-39H,8-9,11,14-17,23,34-36,40H2,1-7H3,(H2-,64,65,69,70,74)/p+1. The minimum Gasteiger partial charge on any atom is -0.497 e. The van der Waals surface area contributed by atoms with E-state index in [-0.39, 0.29) is 29.6 Å². The SMILES string of the molecule is CC[N+](CC)=c1ccc2c(-c3ccccc3)c(C)c(/C=C/C=C3/N(CCCCCC(=O)NCCCCNC(=O)Cc4c(C)n(C(=O)c5ccc(Cl)cc5)c5ccc(OC)cc45)c4ccc(S)cc4C3(C)C)oc-2c1. The molecule has 3 aliphatic rings. The lowest BCUT2D eigenvalue weighted by Gasteiger charge is -2.27. The Kier molecular flexibility index (Phi) is 17.4. The number of fused-ring (bicyclic) bond motifs is 3. The molecule has 4 aromatic carbocycles. The fourth-order valence-electron chi connectivity index (χ4n) is 10.4. The fourth-order valence-corrected chi connectivity index (χ4v) is 10.7. The van der Waals surface area contributed by atoms with Crippen molar-refractivity contribution < 1.29 is 23.5 Å². The number of allylic oxidation sites excluding steroid dienone is 3. The van der Waals surface area contributed by atoms with Gasteiger partial charge in [0.2, 0.25) is 17.2 Å². The third kappa shape index (κ3) is 11.7. The van der Waals surface area contributed by atoms with Crippen LogP contribution in [-0.4, -0.2) is 62.1 Å². The molecular formula is C62H69ClN5O5S+. The number of nitrogens with one attached hydrogen (secondary N) is 2. The van der Waals surface area contributed by atoms with Crippen molar-refractivity contribution in [3.63, 3.8) is 0 Å². The molecule has 1 aliphatic carbocycles. The van der Waals surface area contributed by atoms with E-state index in [4.69, 9.17) is 33.4 Å². The fraction of sp³-hybridized carbons (Fsp3) is 0.323. The Balaban J connectivity index is 0.842. The quantitative estimate of drug-likeness (QED) is 0.0399. The number of carbonyl (C=O) groups excluding carboxylic acids is 3. The van der Waals surface area contributed by atoms with E-state index < -0.39 is 0 Å². The van der Waals surface area contributed by atoms with Crippen LogP contribution in [-0.2, 0) is 21.4 Å². The van der Waals surface area contributed by atoms with E-state index in [0.717, 1.165) is 94.7 Å². The lowest BCUT2D eigenvalue weighted by molar-refractivity contribution is -0.121. The minimum atomic E-state index is -0.263. The summed E-state index contributed by atoms with van der Waals surface area (Å²) in [7, 11) is 1.59. The number of halogens is 1. The molecule has 0 saturated heterocycles. The summed E-state index contributed by atoms with van der Waals surface area (Å²) in [4.78, 5) is 43.2. The van der Waals surface area contributed by atoms with Crippen LogP contribution in [0.5, 0.6) is 5.75 Å². The average Bonchev–Trinajstić information content (AvgIpc) is 3.78. The van der Waals surface area contributed by atoms with E-state index >= 15 is 0 Å². The highest BCUT2D eigenvalue weighted by molar-refractivity contribution is 7.80. The van der Waals surface area contributed by atoms with Gasteiger partial charge in [-0.2, -0.15) is 0 Å². The minimum absolute atomic E-state index is 0.0401. The molecule has 2 amide bonds. The number of unbranched alkanes of at least 4 members (excludes halogenated alkanes) is 3. The molecule has 0 bridgehead atoms. The second-order valence-electron chi connectivity index (χ2n) is 19.6. The first kappa shape index (κ1) is 53.5. The van der Waals surface area contributed by atoms with E-state index in [2.05, 4.69) is 140 Å². The molecule has 0 fully saturated rings. The Morgan fingerprint density at radius 1 is 0.824 bits per heavy atom. The van der Waals surface area contributed by atoms with Crippen LogP contribution >= 0.6 is 24.2 Å². The molecule has 10 nitrogen and oxygen atoms in total. The van der Waals surface area contributed by atoms with Gasteiger partial charge in [0.1, 0.15) is 30.4 Å². The van der Waals surface area contributed by atoms with Crippen molar-refractivity contribution in [1.82, 2.24) is 19.8 Å². The summed E-state index contributed by atoms with van der Waals surface area (Å²) in [5.74, 6) is 2.02. The molecule has 0 spiro atoms. The monoisotopic (exact) mass is 1030 g/mol. The zero-order valence-corrected chi connectivity index (χ0v) is 45.5. The first-order chi connectivity index (χ1) is 35.7. The second-order valence-corrected chi connectivity index (χ2v) is 20.5. The van der Waals surface area contributed by atoms with Gasteiger partial charge in [-0.1, -0.05) is 68.3 Å². The van der Waals surface area contributed by atoms with E-state index in [9.17, 15) is 14.4 Å². The molecule has 8 rings (SSSR count). The predicted octanol–water partition coefficient (Wildman–Crippen LogP) is 12.6. The maximum Gasteiger partial charge on any atom is 0.262 e. The highest BCUT2D eigenvalue weighted by atomic mass is 35.5. The van der Waals surface area contributed by atoms with Gasteiger partial charge in [-0.05, 0) is 155 Å². The van der Waals surface area contributed by atoms with Crippen LogP contribution in [0.3, 0.4) is 0 Å². The number of hydrogen-bond acceptors (Lipinski definition) is 7. The van der Waals surface area contributed by atoms with Gasteiger partial charge >= 0.3 is 0 Å². The zero-order chi connectivity index (χ0) is 52.5. The third-order valence-electron chi connectivity index (χ3n) is 14.5. The van der Waals surface area contributed by atoms with Crippen molar-refractivity contribution in [3.05, 3.63) is 171 Å². The number of thiol groups is 1. The molecule has 0 saturated carbocycles. The van der Waals surface area contributed by atoms with Crippen molar-refractivity contribution in [1.29, 1.82) is 0 Å². The molecule has 2 aliphatic heterocycles. The Labute approximate surface area is 446 Å². The lowest BCUT2D eigenvalue weighted by Crippen LogP contribution is -2.29. The Bertz CT molecular complexity index is 3270. The van der Waals surface area contributed by atoms with Crippen LogP contribution in [0.15, 0.2) is 136 Å². The number of ether oxygens (including phenoxy) is 1. The number of amides is 2. The van der Waals surface area contributed by atoms with E-state index in [1.165, 1.54) is 22.5 Å². The number of nitrogens with zero attached hydrogens (tertiary/aromatic N) is 3. The van der Waals surface area contributed by atoms with Crippen LogP contribution < -0.4 is 30.2 Å².